The quantitative estimate of drug-likeness (QED) is 0.925. The summed E-state index contributed by atoms with van der Waals surface area (Å²) in [6.45, 7) is 2.60. The summed E-state index contributed by atoms with van der Waals surface area (Å²) in [6.07, 6.45) is 1.91. The van der Waals surface area contributed by atoms with Crippen LogP contribution in [0.25, 0.3) is 0 Å². The summed E-state index contributed by atoms with van der Waals surface area (Å²) < 4.78 is 27.4. The van der Waals surface area contributed by atoms with E-state index in [2.05, 4.69) is 0 Å². The van der Waals surface area contributed by atoms with Crippen molar-refractivity contribution in [1.82, 2.24) is 4.90 Å². The molecule has 0 aromatic heterocycles. The summed E-state index contributed by atoms with van der Waals surface area (Å²) in [5.74, 6) is -2.30. The Balaban J connectivity index is 1.89. The van der Waals surface area contributed by atoms with Crippen molar-refractivity contribution in [3.05, 3.63) is 35.4 Å². The van der Waals surface area contributed by atoms with Crippen LogP contribution < -0.4 is 5.73 Å². The second-order valence-electron chi connectivity index (χ2n) is 6.76. The predicted octanol–water partition coefficient (Wildman–Crippen LogP) is 1.97. The zero-order valence-electron chi connectivity index (χ0n) is 13.0. The van der Waals surface area contributed by atoms with E-state index < -0.39 is 23.0 Å². The van der Waals surface area contributed by atoms with Gasteiger partial charge in [0.25, 0.3) is 0 Å². The standard InChI is InChI=1S/C17H20F2N2O2/c1-10-8-21(9-12(10)15(20)22)16(23)17(5-2-6-17)13-4-3-11(18)7-14(13)19/h3-4,7,10,12H,2,5-6,8-9H2,1H3,(H2,20,22)/t10-,12-/m1/s1. The smallest absolute Gasteiger partial charge is 0.233 e. The lowest BCUT2D eigenvalue weighted by atomic mass is 9.63. The van der Waals surface area contributed by atoms with Crippen LogP contribution in [0.4, 0.5) is 8.78 Å². The number of carbonyl (C=O) groups excluding carboxylic acids is 2. The molecule has 2 fully saturated rings. The summed E-state index contributed by atoms with van der Waals surface area (Å²) in [5, 5.41) is 0. The Hall–Kier alpha value is -1.98. The monoisotopic (exact) mass is 322 g/mol. The normalized spacial score (nSPS) is 26.0. The molecule has 1 aromatic rings. The van der Waals surface area contributed by atoms with E-state index in [1.165, 1.54) is 12.1 Å². The first-order valence-corrected chi connectivity index (χ1v) is 7.89. The molecule has 0 bridgehead atoms. The van der Waals surface area contributed by atoms with Crippen LogP contribution in [-0.2, 0) is 15.0 Å². The minimum absolute atomic E-state index is 0.00774. The number of hydrogen-bond acceptors (Lipinski definition) is 2. The number of likely N-dealkylation sites (tertiary alicyclic amines) is 1. The van der Waals surface area contributed by atoms with E-state index in [0.717, 1.165) is 12.5 Å². The van der Waals surface area contributed by atoms with Crippen molar-refractivity contribution in [3.8, 4) is 0 Å². The van der Waals surface area contributed by atoms with Crippen molar-refractivity contribution >= 4 is 11.8 Å². The highest BCUT2D eigenvalue weighted by Gasteiger charge is 2.51. The molecule has 2 aliphatic rings. The molecule has 6 heteroatoms. The second kappa shape index (κ2) is 5.58. The fourth-order valence-electron chi connectivity index (χ4n) is 3.81. The Morgan fingerprint density at radius 1 is 1.26 bits per heavy atom. The first kappa shape index (κ1) is 15.9. The molecule has 2 atom stereocenters. The maximum absolute atomic E-state index is 14.2. The molecule has 3 rings (SSSR count). The van der Waals surface area contributed by atoms with E-state index in [0.29, 0.717) is 19.4 Å². The van der Waals surface area contributed by atoms with Gasteiger partial charge in [-0.05, 0) is 24.8 Å². The van der Waals surface area contributed by atoms with E-state index in [1.54, 1.807) is 4.90 Å². The first-order chi connectivity index (χ1) is 10.8. The molecule has 4 nitrogen and oxygen atoms in total. The van der Waals surface area contributed by atoms with Crippen LogP contribution in [0.2, 0.25) is 0 Å². The summed E-state index contributed by atoms with van der Waals surface area (Å²) in [5.41, 5.74) is 4.71. The number of carbonyl (C=O) groups is 2. The Labute approximate surface area is 133 Å². The molecule has 1 heterocycles. The molecule has 1 saturated heterocycles. The molecule has 0 spiro atoms. The maximum atomic E-state index is 14.2. The highest BCUT2D eigenvalue weighted by molar-refractivity contribution is 5.90. The van der Waals surface area contributed by atoms with Gasteiger partial charge in [0, 0.05) is 24.7 Å². The molecule has 1 aliphatic heterocycles. The zero-order valence-corrected chi connectivity index (χ0v) is 13.0. The van der Waals surface area contributed by atoms with Crippen molar-refractivity contribution in [2.75, 3.05) is 13.1 Å². The second-order valence-corrected chi connectivity index (χ2v) is 6.76. The lowest BCUT2D eigenvalue weighted by Gasteiger charge is -2.43. The van der Waals surface area contributed by atoms with Gasteiger partial charge in [-0.2, -0.15) is 0 Å². The van der Waals surface area contributed by atoms with Crippen molar-refractivity contribution in [3.63, 3.8) is 0 Å². The Morgan fingerprint density at radius 2 is 1.96 bits per heavy atom. The predicted molar refractivity (Wildman–Crippen MR) is 80.3 cm³/mol. The van der Waals surface area contributed by atoms with Crippen LogP contribution in [-0.4, -0.2) is 29.8 Å². The minimum atomic E-state index is -0.927. The van der Waals surface area contributed by atoms with Crippen LogP contribution in [0.5, 0.6) is 0 Å². The number of halogens is 2. The number of hydrogen-bond donors (Lipinski definition) is 1. The Bertz CT molecular complexity index is 658. The molecule has 2 amide bonds. The van der Waals surface area contributed by atoms with Crippen LogP contribution in [0.3, 0.4) is 0 Å². The number of nitrogens with zero attached hydrogens (tertiary/aromatic N) is 1. The van der Waals surface area contributed by atoms with Crippen molar-refractivity contribution in [2.24, 2.45) is 17.6 Å². The molecule has 124 valence electrons. The van der Waals surface area contributed by atoms with Gasteiger partial charge in [-0.25, -0.2) is 8.78 Å². The molecule has 0 unspecified atom stereocenters. The molecule has 0 radical (unpaired) electrons. The van der Waals surface area contributed by atoms with Crippen molar-refractivity contribution in [1.29, 1.82) is 0 Å². The minimum Gasteiger partial charge on any atom is -0.369 e. The van der Waals surface area contributed by atoms with E-state index >= 15 is 0 Å². The van der Waals surface area contributed by atoms with Gasteiger partial charge in [0.2, 0.25) is 11.8 Å². The molecule has 2 N–H and O–H groups in total. The van der Waals surface area contributed by atoms with E-state index in [4.69, 9.17) is 5.73 Å². The van der Waals surface area contributed by atoms with Gasteiger partial charge in [0.15, 0.2) is 0 Å². The fourth-order valence-corrected chi connectivity index (χ4v) is 3.81. The summed E-state index contributed by atoms with van der Waals surface area (Å²) in [7, 11) is 0. The third-order valence-corrected chi connectivity index (χ3v) is 5.33. The lowest BCUT2D eigenvalue weighted by Crippen LogP contribution is -2.51. The van der Waals surface area contributed by atoms with Crippen LogP contribution >= 0.6 is 0 Å². The Kier molecular flexibility index (Phi) is 3.86. The molecule has 1 aromatic carbocycles. The highest BCUT2D eigenvalue weighted by Crippen LogP contribution is 2.47. The van der Waals surface area contributed by atoms with Gasteiger partial charge >= 0.3 is 0 Å². The number of rotatable bonds is 3. The van der Waals surface area contributed by atoms with Crippen LogP contribution in [0.15, 0.2) is 18.2 Å². The largest absolute Gasteiger partial charge is 0.369 e. The average molecular weight is 322 g/mol. The number of nitrogens with two attached hydrogens (primary N) is 1. The van der Waals surface area contributed by atoms with Gasteiger partial charge in [0.1, 0.15) is 11.6 Å². The summed E-state index contributed by atoms with van der Waals surface area (Å²) in [4.78, 5) is 26.1. The summed E-state index contributed by atoms with van der Waals surface area (Å²) in [6, 6.07) is 3.37. The van der Waals surface area contributed by atoms with Crippen LogP contribution in [0.1, 0.15) is 31.7 Å². The topological polar surface area (TPSA) is 63.4 Å². The third-order valence-electron chi connectivity index (χ3n) is 5.33. The van der Waals surface area contributed by atoms with Gasteiger partial charge < -0.3 is 10.6 Å². The van der Waals surface area contributed by atoms with Gasteiger partial charge in [-0.15, -0.1) is 0 Å². The third kappa shape index (κ3) is 2.50. The Morgan fingerprint density at radius 3 is 2.43 bits per heavy atom. The van der Waals surface area contributed by atoms with Crippen molar-refractivity contribution < 1.29 is 18.4 Å². The van der Waals surface area contributed by atoms with E-state index in [1.807, 2.05) is 6.92 Å². The SMILES string of the molecule is C[C@@H]1CN(C(=O)C2(c3ccc(F)cc3F)CCC2)C[C@H]1C(N)=O. The van der Waals surface area contributed by atoms with Gasteiger partial charge in [-0.1, -0.05) is 19.4 Å². The molecule has 23 heavy (non-hydrogen) atoms. The molecular weight excluding hydrogens is 302 g/mol. The van der Waals surface area contributed by atoms with E-state index in [9.17, 15) is 18.4 Å². The van der Waals surface area contributed by atoms with Gasteiger partial charge in [-0.3, -0.25) is 9.59 Å². The first-order valence-electron chi connectivity index (χ1n) is 7.89. The fraction of sp³-hybridized carbons (Fsp3) is 0.529. The average Bonchev–Trinajstić information content (AvgIpc) is 2.82. The lowest BCUT2D eigenvalue weighted by molar-refractivity contribution is -0.140. The highest BCUT2D eigenvalue weighted by atomic mass is 19.1. The van der Waals surface area contributed by atoms with Crippen LogP contribution in [0, 0.1) is 23.5 Å². The van der Waals surface area contributed by atoms with Crippen molar-refractivity contribution in [2.45, 2.75) is 31.6 Å². The number of primary amides is 1. The number of amides is 2. The maximum Gasteiger partial charge on any atom is 0.233 e. The van der Waals surface area contributed by atoms with E-state index in [-0.39, 0.29) is 29.9 Å². The summed E-state index contributed by atoms with van der Waals surface area (Å²) >= 11 is 0. The molecule has 1 aliphatic carbocycles. The van der Waals surface area contributed by atoms with Gasteiger partial charge in [0.05, 0.1) is 11.3 Å². The number of benzene rings is 1. The molecule has 1 saturated carbocycles. The molecular formula is C17H20F2N2O2. The zero-order chi connectivity index (χ0) is 16.8.